The van der Waals surface area contributed by atoms with Crippen LogP contribution in [-0.4, -0.2) is 40.8 Å². The van der Waals surface area contributed by atoms with E-state index in [2.05, 4.69) is 33.6 Å². The Hall–Kier alpha value is -1.40. The molecule has 0 saturated heterocycles. The van der Waals surface area contributed by atoms with Gasteiger partial charge in [-0.15, -0.1) is 11.3 Å². The van der Waals surface area contributed by atoms with Crippen LogP contribution in [0.2, 0.25) is 0 Å². The lowest BCUT2D eigenvalue weighted by atomic mass is 10.3. The first-order valence-corrected chi connectivity index (χ1v) is 8.08. The van der Waals surface area contributed by atoms with Gasteiger partial charge in [0.15, 0.2) is 0 Å². The van der Waals surface area contributed by atoms with Gasteiger partial charge < -0.3 is 15.3 Å². The fourth-order valence-corrected chi connectivity index (χ4v) is 3.09. The summed E-state index contributed by atoms with van der Waals surface area (Å²) in [6.07, 6.45) is 3.42. The van der Waals surface area contributed by atoms with Crippen molar-refractivity contribution in [1.82, 2.24) is 9.97 Å². The first kappa shape index (κ1) is 13.6. The Morgan fingerprint density at radius 2 is 2.30 bits per heavy atom. The second kappa shape index (κ2) is 5.93. The van der Waals surface area contributed by atoms with Crippen LogP contribution in [0.15, 0.2) is 11.4 Å². The molecule has 2 heterocycles. The molecule has 0 aromatic carbocycles. The highest BCUT2D eigenvalue weighted by molar-refractivity contribution is 7.16. The van der Waals surface area contributed by atoms with Crippen molar-refractivity contribution in [2.24, 2.45) is 0 Å². The van der Waals surface area contributed by atoms with E-state index in [0.717, 1.165) is 29.0 Å². The summed E-state index contributed by atoms with van der Waals surface area (Å²) in [5.74, 6) is 1.66. The van der Waals surface area contributed by atoms with Crippen molar-refractivity contribution >= 4 is 33.3 Å². The fourth-order valence-electron chi connectivity index (χ4n) is 2.33. The standard InChI is InChI=1S/C14H20N4OS/c1-2-6-15-14-16-12(11-5-9-20-13(11)17-14)18(7-8-19)10-3-4-10/h5,9-10,19H,2-4,6-8H2,1H3,(H,15,16,17). The molecule has 2 aromatic rings. The highest BCUT2D eigenvalue weighted by Gasteiger charge is 2.31. The molecule has 20 heavy (non-hydrogen) atoms. The Labute approximate surface area is 122 Å². The molecule has 0 unspecified atom stereocenters. The Morgan fingerprint density at radius 3 is 3.00 bits per heavy atom. The molecule has 0 aliphatic heterocycles. The summed E-state index contributed by atoms with van der Waals surface area (Å²) in [5, 5.41) is 15.7. The van der Waals surface area contributed by atoms with Crippen molar-refractivity contribution in [3.05, 3.63) is 11.4 Å². The summed E-state index contributed by atoms with van der Waals surface area (Å²) in [5.41, 5.74) is 0. The number of hydrogen-bond donors (Lipinski definition) is 2. The number of aromatic nitrogens is 2. The number of aliphatic hydroxyl groups is 1. The molecule has 1 aliphatic rings. The SMILES string of the molecule is CCCNc1nc(N(CCO)C2CC2)c2ccsc2n1. The summed E-state index contributed by atoms with van der Waals surface area (Å²) >= 11 is 1.64. The van der Waals surface area contributed by atoms with Gasteiger partial charge in [-0.1, -0.05) is 6.92 Å². The third-order valence-electron chi connectivity index (χ3n) is 3.44. The topological polar surface area (TPSA) is 61.3 Å². The van der Waals surface area contributed by atoms with Gasteiger partial charge in [-0.25, -0.2) is 4.98 Å². The van der Waals surface area contributed by atoms with E-state index in [1.165, 1.54) is 12.8 Å². The Balaban J connectivity index is 1.99. The molecular weight excluding hydrogens is 272 g/mol. The predicted octanol–water partition coefficient (Wildman–Crippen LogP) is 2.47. The summed E-state index contributed by atoms with van der Waals surface area (Å²) in [7, 11) is 0. The van der Waals surface area contributed by atoms with E-state index in [1.54, 1.807) is 11.3 Å². The number of nitrogens with zero attached hydrogens (tertiary/aromatic N) is 3. The number of thiophene rings is 1. The molecule has 1 fully saturated rings. The van der Waals surface area contributed by atoms with Gasteiger partial charge >= 0.3 is 0 Å². The second-order valence-corrected chi connectivity index (χ2v) is 5.98. The number of aliphatic hydroxyl groups excluding tert-OH is 1. The zero-order valence-electron chi connectivity index (χ0n) is 11.7. The molecule has 0 radical (unpaired) electrons. The lowest BCUT2D eigenvalue weighted by Gasteiger charge is -2.23. The minimum absolute atomic E-state index is 0.157. The highest BCUT2D eigenvalue weighted by atomic mass is 32.1. The minimum atomic E-state index is 0.157. The van der Waals surface area contributed by atoms with E-state index in [1.807, 2.05) is 0 Å². The van der Waals surface area contributed by atoms with Crippen LogP contribution in [0.3, 0.4) is 0 Å². The first-order valence-electron chi connectivity index (χ1n) is 7.20. The van der Waals surface area contributed by atoms with Crippen LogP contribution < -0.4 is 10.2 Å². The van der Waals surface area contributed by atoms with Crippen LogP contribution in [-0.2, 0) is 0 Å². The van der Waals surface area contributed by atoms with Crippen LogP contribution in [0, 0.1) is 0 Å². The van der Waals surface area contributed by atoms with Gasteiger partial charge in [-0.05, 0) is 30.7 Å². The quantitative estimate of drug-likeness (QED) is 0.821. The van der Waals surface area contributed by atoms with Crippen LogP contribution >= 0.6 is 11.3 Å². The van der Waals surface area contributed by atoms with E-state index in [4.69, 9.17) is 4.98 Å². The van der Waals surface area contributed by atoms with Gasteiger partial charge in [0.2, 0.25) is 5.95 Å². The van der Waals surface area contributed by atoms with Crippen LogP contribution in [0.25, 0.3) is 10.2 Å². The van der Waals surface area contributed by atoms with Crippen molar-refractivity contribution in [2.45, 2.75) is 32.2 Å². The fraction of sp³-hybridized carbons (Fsp3) is 0.571. The molecule has 5 nitrogen and oxygen atoms in total. The van der Waals surface area contributed by atoms with Crippen molar-refractivity contribution in [2.75, 3.05) is 29.9 Å². The molecular formula is C14H20N4OS. The molecule has 0 amide bonds. The smallest absolute Gasteiger partial charge is 0.226 e. The lowest BCUT2D eigenvalue weighted by Crippen LogP contribution is -2.30. The molecule has 3 rings (SSSR count). The predicted molar refractivity (Wildman–Crippen MR) is 83.6 cm³/mol. The van der Waals surface area contributed by atoms with Crippen molar-refractivity contribution in [3.8, 4) is 0 Å². The zero-order valence-corrected chi connectivity index (χ0v) is 12.5. The summed E-state index contributed by atoms with van der Waals surface area (Å²) in [6.45, 7) is 3.79. The maximum Gasteiger partial charge on any atom is 0.226 e. The molecule has 0 spiro atoms. The number of nitrogens with one attached hydrogen (secondary N) is 1. The van der Waals surface area contributed by atoms with Gasteiger partial charge in [0.1, 0.15) is 10.6 Å². The number of rotatable bonds is 7. The average Bonchev–Trinajstić information content (AvgIpc) is 3.19. The third-order valence-corrected chi connectivity index (χ3v) is 4.25. The van der Waals surface area contributed by atoms with Gasteiger partial charge in [-0.2, -0.15) is 4.98 Å². The second-order valence-electron chi connectivity index (χ2n) is 5.09. The molecule has 1 saturated carbocycles. The monoisotopic (exact) mass is 292 g/mol. The maximum atomic E-state index is 9.31. The molecule has 0 atom stereocenters. The zero-order chi connectivity index (χ0) is 13.9. The molecule has 2 aromatic heterocycles. The Morgan fingerprint density at radius 1 is 1.45 bits per heavy atom. The van der Waals surface area contributed by atoms with Gasteiger partial charge in [0, 0.05) is 19.1 Å². The summed E-state index contributed by atoms with van der Waals surface area (Å²) in [4.78, 5) is 12.5. The van der Waals surface area contributed by atoms with Crippen molar-refractivity contribution in [1.29, 1.82) is 0 Å². The van der Waals surface area contributed by atoms with E-state index in [0.29, 0.717) is 18.5 Å². The molecule has 108 valence electrons. The molecule has 2 N–H and O–H groups in total. The third kappa shape index (κ3) is 2.71. The van der Waals surface area contributed by atoms with Gasteiger partial charge in [-0.3, -0.25) is 0 Å². The first-order chi connectivity index (χ1) is 9.83. The maximum absolute atomic E-state index is 9.31. The largest absolute Gasteiger partial charge is 0.395 e. The van der Waals surface area contributed by atoms with Crippen LogP contribution in [0.1, 0.15) is 26.2 Å². The molecule has 0 bridgehead atoms. The summed E-state index contributed by atoms with van der Waals surface area (Å²) < 4.78 is 0. The van der Waals surface area contributed by atoms with E-state index in [-0.39, 0.29) is 6.61 Å². The molecule has 1 aliphatic carbocycles. The van der Waals surface area contributed by atoms with Crippen LogP contribution in [0.4, 0.5) is 11.8 Å². The normalized spacial score (nSPS) is 14.7. The number of anilines is 2. The Bertz CT molecular complexity index is 582. The van der Waals surface area contributed by atoms with Gasteiger partial charge in [0.05, 0.1) is 12.0 Å². The van der Waals surface area contributed by atoms with Crippen LogP contribution in [0.5, 0.6) is 0 Å². The highest BCUT2D eigenvalue weighted by Crippen LogP contribution is 2.36. The minimum Gasteiger partial charge on any atom is -0.395 e. The summed E-state index contributed by atoms with van der Waals surface area (Å²) in [6, 6.07) is 2.60. The molecule has 6 heteroatoms. The van der Waals surface area contributed by atoms with E-state index < -0.39 is 0 Å². The van der Waals surface area contributed by atoms with Crippen molar-refractivity contribution in [3.63, 3.8) is 0 Å². The van der Waals surface area contributed by atoms with E-state index in [9.17, 15) is 5.11 Å². The number of hydrogen-bond acceptors (Lipinski definition) is 6. The van der Waals surface area contributed by atoms with Gasteiger partial charge in [0.25, 0.3) is 0 Å². The number of fused-ring (bicyclic) bond motifs is 1. The van der Waals surface area contributed by atoms with Crippen molar-refractivity contribution < 1.29 is 5.11 Å². The lowest BCUT2D eigenvalue weighted by molar-refractivity contribution is 0.301. The van der Waals surface area contributed by atoms with E-state index >= 15 is 0 Å². The Kier molecular flexibility index (Phi) is 4.03. The average molecular weight is 292 g/mol.